The molecule has 0 saturated heterocycles. The molecule has 2 rings (SSSR count). The van der Waals surface area contributed by atoms with Gasteiger partial charge in [-0.25, -0.2) is 20.2 Å². The Morgan fingerprint density at radius 2 is 2.14 bits per heavy atom. The second-order valence-electron chi connectivity index (χ2n) is 4.58. The van der Waals surface area contributed by atoms with Crippen LogP contribution in [0.25, 0.3) is 0 Å². The van der Waals surface area contributed by atoms with Gasteiger partial charge in [0, 0.05) is 11.9 Å². The van der Waals surface area contributed by atoms with Gasteiger partial charge in [-0.15, -0.1) is 0 Å². The first kappa shape index (κ1) is 15.2. The van der Waals surface area contributed by atoms with E-state index < -0.39 is 23.4 Å². The summed E-state index contributed by atoms with van der Waals surface area (Å²) >= 11 is 0. The fourth-order valence-electron chi connectivity index (χ4n) is 1.64. The van der Waals surface area contributed by atoms with E-state index in [-0.39, 0.29) is 5.95 Å². The molecule has 0 aromatic carbocycles. The maximum atomic E-state index is 12.9. The van der Waals surface area contributed by atoms with Crippen LogP contribution in [0.3, 0.4) is 0 Å². The molecule has 0 atom stereocenters. The normalized spacial score (nSPS) is 15.8. The molecule has 1 heterocycles. The zero-order chi connectivity index (χ0) is 15.6. The largest absolute Gasteiger partial charge is 0.465 e. The lowest BCUT2D eigenvalue weighted by molar-refractivity contribution is -0.141. The van der Waals surface area contributed by atoms with Gasteiger partial charge in [-0.2, -0.15) is 18.3 Å². The van der Waals surface area contributed by atoms with Crippen molar-refractivity contribution < 1.29 is 22.7 Å². The van der Waals surface area contributed by atoms with Crippen molar-refractivity contribution in [2.24, 2.45) is 11.0 Å². The third-order valence-electron chi connectivity index (χ3n) is 2.96. The summed E-state index contributed by atoms with van der Waals surface area (Å²) in [6, 6.07) is 0. The highest BCUT2D eigenvalue weighted by atomic mass is 19.4. The second kappa shape index (κ2) is 5.66. The summed E-state index contributed by atoms with van der Waals surface area (Å²) in [6.45, 7) is 1.78. The average Bonchev–Trinajstić information content (AvgIpc) is 3.27. The van der Waals surface area contributed by atoms with Gasteiger partial charge < -0.3 is 4.74 Å². The molecule has 6 nitrogen and oxygen atoms in total. The van der Waals surface area contributed by atoms with Crippen LogP contribution in [0.2, 0.25) is 0 Å². The molecule has 0 radical (unpaired) electrons. The van der Waals surface area contributed by atoms with Gasteiger partial charge in [0.2, 0.25) is 5.95 Å². The number of nitrogens with zero attached hydrogens (tertiary/aromatic N) is 3. The number of hydrogen-bond donors (Lipinski definition) is 1. The van der Waals surface area contributed by atoms with Crippen molar-refractivity contribution in [3.8, 4) is 0 Å². The van der Waals surface area contributed by atoms with Crippen molar-refractivity contribution in [3.63, 3.8) is 0 Å². The van der Waals surface area contributed by atoms with Crippen molar-refractivity contribution in [1.29, 1.82) is 0 Å². The van der Waals surface area contributed by atoms with Gasteiger partial charge in [-0.05, 0) is 25.7 Å². The number of rotatable bonds is 4. The summed E-state index contributed by atoms with van der Waals surface area (Å²) in [5.74, 6) is -1.10. The Morgan fingerprint density at radius 3 is 2.67 bits per heavy atom. The number of halogens is 3. The molecule has 0 unspecified atom stereocenters. The number of hydrogen-bond acceptors (Lipinski definition) is 6. The van der Waals surface area contributed by atoms with Crippen molar-refractivity contribution in [1.82, 2.24) is 9.97 Å². The predicted octanol–water partition coefficient (Wildman–Crippen LogP) is 2.48. The molecule has 1 aromatic rings. The maximum Gasteiger partial charge on any atom is 0.434 e. The Bertz CT molecular complexity index is 582. The van der Waals surface area contributed by atoms with E-state index >= 15 is 0 Å². The van der Waals surface area contributed by atoms with Gasteiger partial charge in [0.05, 0.1) is 7.11 Å². The third kappa shape index (κ3) is 3.67. The molecule has 0 aliphatic heterocycles. The fraction of sp³-hybridized carbons (Fsp3) is 0.500. The van der Waals surface area contributed by atoms with Gasteiger partial charge in [0.25, 0.3) is 0 Å². The Morgan fingerprint density at radius 1 is 1.48 bits per heavy atom. The van der Waals surface area contributed by atoms with Gasteiger partial charge in [0.1, 0.15) is 5.56 Å². The molecule has 1 aliphatic carbocycles. The number of carbonyl (C=O) groups is 1. The molecule has 0 bridgehead atoms. The number of anilines is 1. The number of esters is 1. The highest BCUT2D eigenvalue weighted by Crippen LogP contribution is 2.32. The Balaban J connectivity index is 2.28. The highest BCUT2D eigenvalue weighted by Gasteiger charge is 2.38. The summed E-state index contributed by atoms with van der Waals surface area (Å²) in [7, 11) is 0.984. The SMILES string of the molecule is COC(=O)c1cnc(N/N=C(\C)C2CC2)nc1C(F)(F)F. The van der Waals surface area contributed by atoms with Crippen molar-refractivity contribution in [2.75, 3.05) is 12.5 Å². The molecule has 114 valence electrons. The Hall–Kier alpha value is -2.19. The summed E-state index contributed by atoms with van der Waals surface area (Å²) in [5.41, 5.74) is 1.06. The maximum absolute atomic E-state index is 12.9. The Kier molecular flexibility index (Phi) is 4.10. The lowest BCUT2D eigenvalue weighted by Gasteiger charge is -2.11. The smallest absolute Gasteiger partial charge is 0.434 e. The summed E-state index contributed by atoms with van der Waals surface area (Å²) in [5, 5.41) is 3.93. The molecule has 1 saturated carbocycles. The van der Waals surface area contributed by atoms with Crippen LogP contribution < -0.4 is 5.43 Å². The number of carbonyl (C=O) groups excluding carboxylic acids is 1. The predicted molar refractivity (Wildman–Crippen MR) is 67.8 cm³/mol. The molecule has 1 aromatic heterocycles. The van der Waals surface area contributed by atoms with E-state index in [0.29, 0.717) is 5.92 Å². The van der Waals surface area contributed by atoms with Crippen LogP contribution in [0.15, 0.2) is 11.3 Å². The zero-order valence-electron chi connectivity index (χ0n) is 11.4. The number of hydrazone groups is 1. The van der Waals surface area contributed by atoms with E-state index in [1.54, 1.807) is 6.92 Å². The van der Waals surface area contributed by atoms with Crippen LogP contribution in [0.1, 0.15) is 35.8 Å². The first-order valence-corrected chi connectivity index (χ1v) is 6.15. The average molecular weight is 302 g/mol. The topological polar surface area (TPSA) is 76.5 Å². The Labute approximate surface area is 118 Å². The number of aromatic nitrogens is 2. The van der Waals surface area contributed by atoms with Gasteiger partial charge >= 0.3 is 12.1 Å². The monoisotopic (exact) mass is 302 g/mol. The van der Waals surface area contributed by atoms with E-state index in [2.05, 4.69) is 25.2 Å². The summed E-state index contributed by atoms with van der Waals surface area (Å²) < 4.78 is 43.0. The third-order valence-corrected chi connectivity index (χ3v) is 2.96. The van der Waals surface area contributed by atoms with Crippen LogP contribution >= 0.6 is 0 Å². The summed E-state index contributed by atoms with van der Waals surface area (Å²) in [4.78, 5) is 18.3. The zero-order valence-corrected chi connectivity index (χ0v) is 11.4. The standard InChI is InChI=1S/C12H13F3N4O2/c1-6(7-3-4-7)18-19-11-16-5-8(10(20)21-2)9(17-11)12(13,14)15/h5,7H,3-4H2,1-2H3,(H,16,17,19)/b18-6+. The lowest BCUT2D eigenvalue weighted by Crippen LogP contribution is -2.18. The van der Waals surface area contributed by atoms with E-state index in [1.807, 2.05) is 0 Å². The van der Waals surface area contributed by atoms with Crippen LogP contribution in [0.4, 0.5) is 19.1 Å². The van der Waals surface area contributed by atoms with Crippen molar-refractivity contribution in [3.05, 3.63) is 17.5 Å². The molecule has 1 N–H and O–H groups in total. The number of nitrogens with one attached hydrogen (secondary N) is 1. The fourth-order valence-corrected chi connectivity index (χ4v) is 1.64. The minimum Gasteiger partial charge on any atom is -0.465 e. The van der Waals surface area contributed by atoms with Crippen LogP contribution in [0, 0.1) is 5.92 Å². The molecular weight excluding hydrogens is 289 g/mol. The van der Waals surface area contributed by atoms with E-state index in [0.717, 1.165) is 31.9 Å². The van der Waals surface area contributed by atoms with E-state index in [1.165, 1.54) is 0 Å². The number of ether oxygens (including phenoxy) is 1. The highest BCUT2D eigenvalue weighted by molar-refractivity contribution is 5.90. The molecule has 0 amide bonds. The van der Waals surface area contributed by atoms with Crippen LogP contribution in [-0.4, -0.2) is 28.8 Å². The van der Waals surface area contributed by atoms with Crippen LogP contribution in [-0.2, 0) is 10.9 Å². The number of methoxy groups -OCH3 is 1. The molecule has 1 aliphatic rings. The second-order valence-corrected chi connectivity index (χ2v) is 4.58. The molecule has 0 spiro atoms. The minimum absolute atomic E-state index is 0.324. The van der Waals surface area contributed by atoms with Crippen molar-refractivity contribution >= 4 is 17.6 Å². The molecule has 1 fully saturated rings. The first-order chi connectivity index (χ1) is 9.82. The van der Waals surface area contributed by atoms with Gasteiger partial charge in [0.15, 0.2) is 5.69 Å². The quantitative estimate of drug-likeness (QED) is 0.525. The summed E-state index contributed by atoms with van der Waals surface area (Å²) in [6.07, 6.45) is -1.98. The minimum atomic E-state index is -4.79. The van der Waals surface area contributed by atoms with E-state index in [4.69, 9.17) is 0 Å². The van der Waals surface area contributed by atoms with Crippen LogP contribution in [0.5, 0.6) is 0 Å². The van der Waals surface area contributed by atoms with E-state index in [9.17, 15) is 18.0 Å². The first-order valence-electron chi connectivity index (χ1n) is 6.15. The molecule has 21 heavy (non-hydrogen) atoms. The number of alkyl halides is 3. The lowest BCUT2D eigenvalue weighted by atomic mass is 10.2. The van der Waals surface area contributed by atoms with Crippen molar-refractivity contribution in [2.45, 2.75) is 25.9 Å². The van der Waals surface area contributed by atoms with Gasteiger partial charge in [-0.3, -0.25) is 0 Å². The van der Waals surface area contributed by atoms with Gasteiger partial charge in [-0.1, -0.05) is 0 Å². The molecular formula is C12H13F3N4O2. The molecule has 9 heteroatoms.